The van der Waals surface area contributed by atoms with Crippen molar-refractivity contribution >= 4 is 24.2 Å². The number of rotatable bonds is 5. The molecule has 2 N–H and O–H groups in total. The standard InChI is InChI=1S/C12H23N3O2.ClH/c1-3-6-14-11(16)4-5-12(17)15-8-7-13-10(2)9-15;/h10,13H,3-9H2,1-2H3,(H,14,16);1H. The van der Waals surface area contributed by atoms with Gasteiger partial charge in [-0.2, -0.15) is 0 Å². The van der Waals surface area contributed by atoms with Crippen LogP contribution in [0.1, 0.15) is 33.1 Å². The summed E-state index contributed by atoms with van der Waals surface area (Å²) in [5.41, 5.74) is 0. The van der Waals surface area contributed by atoms with Gasteiger partial charge in [-0.1, -0.05) is 6.92 Å². The first-order valence-electron chi connectivity index (χ1n) is 6.41. The van der Waals surface area contributed by atoms with Crippen LogP contribution in [0.15, 0.2) is 0 Å². The maximum absolute atomic E-state index is 11.8. The molecule has 1 unspecified atom stereocenters. The Kier molecular flexibility index (Phi) is 8.75. The van der Waals surface area contributed by atoms with Gasteiger partial charge in [0.15, 0.2) is 0 Å². The summed E-state index contributed by atoms with van der Waals surface area (Å²) in [4.78, 5) is 25.0. The van der Waals surface area contributed by atoms with E-state index in [4.69, 9.17) is 0 Å². The van der Waals surface area contributed by atoms with E-state index in [1.807, 2.05) is 11.8 Å². The highest BCUT2D eigenvalue weighted by Gasteiger charge is 2.20. The van der Waals surface area contributed by atoms with Crippen molar-refractivity contribution in [2.24, 2.45) is 0 Å². The largest absolute Gasteiger partial charge is 0.356 e. The van der Waals surface area contributed by atoms with Crippen LogP contribution in [0.25, 0.3) is 0 Å². The maximum Gasteiger partial charge on any atom is 0.223 e. The molecule has 1 heterocycles. The Morgan fingerprint density at radius 2 is 2.11 bits per heavy atom. The molecule has 2 amide bonds. The fourth-order valence-corrected chi connectivity index (χ4v) is 1.89. The van der Waals surface area contributed by atoms with E-state index in [-0.39, 0.29) is 24.2 Å². The number of piperazine rings is 1. The van der Waals surface area contributed by atoms with Crippen molar-refractivity contribution in [1.29, 1.82) is 0 Å². The van der Waals surface area contributed by atoms with Gasteiger partial charge in [-0.15, -0.1) is 12.4 Å². The predicted molar refractivity (Wildman–Crippen MR) is 73.8 cm³/mol. The molecule has 0 spiro atoms. The van der Waals surface area contributed by atoms with Gasteiger partial charge in [0, 0.05) is 45.1 Å². The fourth-order valence-electron chi connectivity index (χ4n) is 1.89. The molecular weight excluding hydrogens is 254 g/mol. The summed E-state index contributed by atoms with van der Waals surface area (Å²) >= 11 is 0. The van der Waals surface area contributed by atoms with Crippen LogP contribution in [0.2, 0.25) is 0 Å². The maximum atomic E-state index is 11.8. The minimum atomic E-state index is -0.0246. The van der Waals surface area contributed by atoms with Gasteiger partial charge >= 0.3 is 0 Å². The van der Waals surface area contributed by atoms with Gasteiger partial charge in [0.05, 0.1) is 0 Å². The van der Waals surface area contributed by atoms with E-state index in [9.17, 15) is 9.59 Å². The molecule has 18 heavy (non-hydrogen) atoms. The molecule has 1 fully saturated rings. The molecule has 106 valence electrons. The smallest absolute Gasteiger partial charge is 0.223 e. The molecule has 1 aliphatic heterocycles. The van der Waals surface area contributed by atoms with Crippen LogP contribution < -0.4 is 10.6 Å². The van der Waals surface area contributed by atoms with Crippen LogP contribution in [0.5, 0.6) is 0 Å². The Hall–Kier alpha value is -0.810. The quantitative estimate of drug-likeness (QED) is 0.771. The van der Waals surface area contributed by atoms with Gasteiger partial charge in [-0.05, 0) is 13.3 Å². The Morgan fingerprint density at radius 3 is 2.72 bits per heavy atom. The Labute approximate surface area is 115 Å². The topological polar surface area (TPSA) is 61.4 Å². The molecule has 0 aromatic rings. The summed E-state index contributed by atoms with van der Waals surface area (Å²) in [5, 5.41) is 6.06. The number of nitrogens with zero attached hydrogens (tertiary/aromatic N) is 1. The van der Waals surface area contributed by atoms with E-state index >= 15 is 0 Å². The molecule has 0 saturated carbocycles. The number of carbonyl (C=O) groups excluding carboxylic acids is 2. The summed E-state index contributed by atoms with van der Waals surface area (Å²) in [6, 6.07) is 0.349. The molecule has 1 atom stereocenters. The number of carbonyl (C=O) groups is 2. The molecule has 6 heteroatoms. The first-order valence-corrected chi connectivity index (χ1v) is 6.41. The summed E-state index contributed by atoms with van der Waals surface area (Å²) in [6.45, 7) is 7.10. The van der Waals surface area contributed by atoms with E-state index in [2.05, 4.69) is 17.6 Å². The summed E-state index contributed by atoms with van der Waals surface area (Å²) in [5.74, 6) is 0.0633. The lowest BCUT2D eigenvalue weighted by Gasteiger charge is -2.31. The van der Waals surface area contributed by atoms with E-state index in [1.165, 1.54) is 0 Å². The van der Waals surface area contributed by atoms with Crippen molar-refractivity contribution in [1.82, 2.24) is 15.5 Å². The third-order valence-corrected chi connectivity index (χ3v) is 2.86. The van der Waals surface area contributed by atoms with Crippen LogP contribution in [0.4, 0.5) is 0 Å². The van der Waals surface area contributed by atoms with Crippen LogP contribution in [-0.4, -0.2) is 48.9 Å². The zero-order valence-electron chi connectivity index (χ0n) is 11.2. The highest BCUT2D eigenvalue weighted by molar-refractivity contribution is 5.85. The van der Waals surface area contributed by atoms with Gasteiger partial charge in [0.25, 0.3) is 0 Å². The van der Waals surface area contributed by atoms with Crippen molar-refractivity contribution in [3.63, 3.8) is 0 Å². The van der Waals surface area contributed by atoms with Gasteiger partial charge in [0.2, 0.25) is 11.8 Å². The molecule has 0 aromatic heterocycles. The third kappa shape index (κ3) is 6.21. The Morgan fingerprint density at radius 1 is 1.39 bits per heavy atom. The molecule has 1 rings (SSSR count). The van der Waals surface area contributed by atoms with Gasteiger partial charge in [-0.3, -0.25) is 9.59 Å². The minimum absolute atomic E-state index is 0. The lowest BCUT2D eigenvalue weighted by atomic mass is 10.2. The average molecular weight is 278 g/mol. The second-order valence-corrected chi connectivity index (χ2v) is 4.54. The molecule has 1 saturated heterocycles. The number of halogens is 1. The normalized spacial score (nSPS) is 19.0. The summed E-state index contributed by atoms with van der Waals surface area (Å²) in [7, 11) is 0. The zero-order valence-corrected chi connectivity index (χ0v) is 12.0. The van der Waals surface area contributed by atoms with Crippen LogP contribution in [0.3, 0.4) is 0 Å². The Balaban J connectivity index is 0.00000289. The molecule has 1 aliphatic rings. The van der Waals surface area contributed by atoms with E-state index < -0.39 is 0 Å². The van der Waals surface area contributed by atoms with Gasteiger partial charge in [-0.25, -0.2) is 0 Å². The van der Waals surface area contributed by atoms with Crippen LogP contribution in [-0.2, 0) is 9.59 Å². The van der Waals surface area contributed by atoms with Crippen LogP contribution >= 0.6 is 12.4 Å². The van der Waals surface area contributed by atoms with E-state index in [1.54, 1.807) is 0 Å². The van der Waals surface area contributed by atoms with Crippen molar-refractivity contribution in [3.8, 4) is 0 Å². The minimum Gasteiger partial charge on any atom is -0.356 e. The number of nitrogens with one attached hydrogen (secondary N) is 2. The van der Waals surface area contributed by atoms with E-state index in [0.29, 0.717) is 25.4 Å². The SMILES string of the molecule is CCCNC(=O)CCC(=O)N1CCNC(C)C1.Cl. The Bertz CT molecular complexity index is 274. The first kappa shape index (κ1) is 17.2. The summed E-state index contributed by atoms with van der Waals surface area (Å²) < 4.78 is 0. The highest BCUT2D eigenvalue weighted by Crippen LogP contribution is 2.03. The van der Waals surface area contributed by atoms with Crippen molar-refractivity contribution in [2.75, 3.05) is 26.2 Å². The monoisotopic (exact) mass is 277 g/mol. The van der Waals surface area contributed by atoms with Gasteiger partial charge in [0.1, 0.15) is 0 Å². The zero-order chi connectivity index (χ0) is 12.7. The molecule has 0 aromatic carbocycles. The lowest BCUT2D eigenvalue weighted by Crippen LogP contribution is -2.51. The van der Waals surface area contributed by atoms with E-state index in [0.717, 1.165) is 26.1 Å². The third-order valence-electron chi connectivity index (χ3n) is 2.86. The molecule has 0 aliphatic carbocycles. The molecular formula is C12H24ClN3O2. The predicted octanol–water partition coefficient (Wildman–Crippen LogP) is 0.535. The van der Waals surface area contributed by atoms with Crippen molar-refractivity contribution < 1.29 is 9.59 Å². The molecule has 5 nitrogen and oxygen atoms in total. The number of hydrogen-bond acceptors (Lipinski definition) is 3. The second kappa shape index (κ2) is 9.16. The molecule has 0 bridgehead atoms. The first-order chi connectivity index (χ1) is 8.13. The fraction of sp³-hybridized carbons (Fsp3) is 0.833. The highest BCUT2D eigenvalue weighted by atomic mass is 35.5. The number of amides is 2. The second-order valence-electron chi connectivity index (χ2n) is 4.54. The lowest BCUT2D eigenvalue weighted by molar-refractivity contribution is -0.134. The van der Waals surface area contributed by atoms with Crippen molar-refractivity contribution in [2.45, 2.75) is 39.2 Å². The number of hydrogen-bond donors (Lipinski definition) is 2. The molecule has 0 radical (unpaired) electrons. The van der Waals surface area contributed by atoms with Gasteiger partial charge < -0.3 is 15.5 Å². The summed E-state index contributed by atoms with van der Waals surface area (Å²) in [6.07, 6.45) is 1.55. The van der Waals surface area contributed by atoms with Crippen LogP contribution in [0, 0.1) is 0 Å². The van der Waals surface area contributed by atoms with Crippen molar-refractivity contribution in [3.05, 3.63) is 0 Å². The average Bonchev–Trinajstić information content (AvgIpc) is 2.33.